The minimum absolute atomic E-state index is 0.0548. The molecular weight excluding hydrogens is 290 g/mol. The Morgan fingerprint density at radius 3 is 2.74 bits per heavy atom. The van der Waals surface area contributed by atoms with E-state index in [4.69, 9.17) is 4.42 Å². The number of hydrogen-bond donors (Lipinski definition) is 1. The van der Waals surface area contributed by atoms with Crippen LogP contribution in [0.2, 0.25) is 0 Å². The zero-order chi connectivity index (χ0) is 15.8. The number of Topliss-reactive ketones (excluding diaryl/α,β-unsaturated/α-hetero) is 1. The van der Waals surface area contributed by atoms with Crippen LogP contribution >= 0.6 is 0 Å². The maximum atomic E-state index is 12.5. The first-order chi connectivity index (χ1) is 11.2. The van der Waals surface area contributed by atoms with Crippen molar-refractivity contribution in [1.82, 2.24) is 0 Å². The van der Waals surface area contributed by atoms with Crippen LogP contribution in [-0.4, -0.2) is 11.7 Å². The molecule has 0 radical (unpaired) electrons. The largest absolute Gasteiger partial charge is 0.455 e. The number of fused-ring (bicyclic) bond motifs is 2. The second-order valence-electron chi connectivity index (χ2n) is 5.71. The fourth-order valence-electron chi connectivity index (χ4n) is 3.02. The smallest absolute Gasteiger partial charge is 0.291 e. The zero-order valence-electron chi connectivity index (χ0n) is 12.5. The van der Waals surface area contributed by atoms with E-state index in [-0.39, 0.29) is 17.5 Å². The molecule has 0 fully saturated rings. The highest BCUT2D eigenvalue weighted by Gasteiger charge is 2.24. The highest BCUT2D eigenvalue weighted by atomic mass is 16.4. The van der Waals surface area contributed by atoms with Gasteiger partial charge in [-0.25, -0.2) is 0 Å². The standard InChI is InChI=1S/C19H15NO3/c21-16-9-4-10-17-14(16)11-18(23-17)19(22)20-15-8-3-6-12-5-1-2-7-13(12)15/h1-3,5-8,11H,4,9-10H2,(H,20,22). The van der Waals surface area contributed by atoms with Crippen LogP contribution in [0.15, 0.2) is 52.9 Å². The summed E-state index contributed by atoms with van der Waals surface area (Å²) in [7, 11) is 0. The molecule has 0 atom stereocenters. The lowest BCUT2D eigenvalue weighted by atomic mass is 9.97. The Hall–Kier alpha value is -2.88. The number of benzene rings is 2. The van der Waals surface area contributed by atoms with Crippen molar-refractivity contribution in [1.29, 1.82) is 0 Å². The van der Waals surface area contributed by atoms with Gasteiger partial charge in [0.1, 0.15) is 5.76 Å². The van der Waals surface area contributed by atoms with Crippen molar-refractivity contribution < 1.29 is 14.0 Å². The third-order valence-electron chi connectivity index (χ3n) is 4.18. The van der Waals surface area contributed by atoms with E-state index < -0.39 is 0 Å². The van der Waals surface area contributed by atoms with Gasteiger partial charge in [0.25, 0.3) is 5.91 Å². The summed E-state index contributed by atoms with van der Waals surface area (Å²) in [6.45, 7) is 0. The average Bonchev–Trinajstić information content (AvgIpc) is 3.01. The molecule has 23 heavy (non-hydrogen) atoms. The fraction of sp³-hybridized carbons (Fsp3) is 0.158. The summed E-state index contributed by atoms with van der Waals surface area (Å²) in [5, 5.41) is 4.90. The van der Waals surface area contributed by atoms with Crippen LogP contribution in [-0.2, 0) is 6.42 Å². The summed E-state index contributed by atoms with van der Waals surface area (Å²) >= 11 is 0. The normalized spacial score (nSPS) is 13.8. The number of rotatable bonds is 2. The minimum atomic E-state index is -0.330. The van der Waals surface area contributed by atoms with E-state index in [9.17, 15) is 9.59 Å². The van der Waals surface area contributed by atoms with Crippen molar-refractivity contribution in [2.45, 2.75) is 19.3 Å². The fourth-order valence-corrected chi connectivity index (χ4v) is 3.02. The number of carbonyl (C=O) groups excluding carboxylic acids is 2. The van der Waals surface area contributed by atoms with Gasteiger partial charge < -0.3 is 9.73 Å². The first kappa shape index (κ1) is 13.8. The Labute approximate surface area is 133 Å². The number of anilines is 1. The maximum absolute atomic E-state index is 12.5. The summed E-state index contributed by atoms with van der Waals surface area (Å²) in [4.78, 5) is 24.3. The molecule has 0 saturated carbocycles. The van der Waals surface area contributed by atoms with Gasteiger partial charge in [-0.05, 0) is 17.9 Å². The van der Waals surface area contributed by atoms with Gasteiger partial charge in [-0.3, -0.25) is 9.59 Å². The van der Waals surface area contributed by atoms with E-state index in [1.54, 1.807) is 6.07 Å². The van der Waals surface area contributed by atoms with Gasteiger partial charge in [0.15, 0.2) is 11.5 Å². The molecule has 1 N–H and O–H groups in total. The van der Waals surface area contributed by atoms with Crippen LogP contribution in [0.3, 0.4) is 0 Å². The van der Waals surface area contributed by atoms with E-state index in [1.165, 1.54) is 0 Å². The summed E-state index contributed by atoms with van der Waals surface area (Å²) in [6.07, 6.45) is 2.02. The Kier molecular flexibility index (Phi) is 3.23. The van der Waals surface area contributed by atoms with Gasteiger partial charge >= 0.3 is 0 Å². The molecule has 1 aliphatic rings. The molecule has 4 nitrogen and oxygen atoms in total. The van der Waals surface area contributed by atoms with Gasteiger partial charge in [-0.15, -0.1) is 0 Å². The van der Waals surface area contributed by atoms with Crippen LogP contribution < -0.4 is 5.32 Å². The van der Waals surface area contributed by atoms with Gasteiger partial charge in [0.05, 0.1) is 5.56 Å². The minimum Gasteiger partial charge on any atom is -0.455 e. The lowest BCUT2D eigenvalue weighted by molar-refractivity contribution is 0.0963. The van der Waals surface area contributed by atoms with Gasteiger partial charge in [0.2, 0.25) is 0 Å². The Morgan fingerprint density at radius 1 is 1.04 bits per heavy atom. The monoisotopic (exact) mass is 305 g/mol. The molecule has 1 amide bonds. The molecule has 0 unspecified atom stereocenters. The predicted molar refractivity (Wildman–Crippen MR) is 87.9 cm³/mol. The van der Waals surface area contributed by atoms with E-state index in [0.29, 0.717) is 24.2 Å². The van der Waals surface area contributed by atoms with E-state index in [2.05, 4.69) is 5.32 Å². The van der Waals surface area contributed by atoms with Gasteiger partial charge in [-0.2, -0.15) is 0 Å². The highest BCUT2D eigenvalue weighted by molar-refractivity contribution is 6.09. The van der Waals surface area contributed by atoms with Crippen LogP contribution in [0.5, 0.6) is 0 Å². The quantitative estimate of drug-likeness (QED) is 0.771. The number of hydrogen-bond acceptors (Lipinski definition) is 3. The van der Waals surface area contributed by atoms with Gasteiger partial charge in [-0.1, -0.05) is 36.4 Å². The Morgan fingerprint density at radius 2 is 1.87 bits per heavy atom. The van der Waals surface area contributed by atoms with Crippen molar-refractivity contribution in [2.75, 3.05) is 5.32 Å². The van der Waals surface area contributed by atoms with E-state index in [0.717, 1.165) is 22.9 Å². The van der Waals surface area contributed by atoms with Crippen LogP contribution in [0, 0.1) is 0 Å². The maximum Gasteiger partial charge on any atom is 0.291 e. The van der Waals surface area contributed by atoms with E-state index >= 15 is 0 Å². The highest BCUT2D eigenvalue weighted by Crippen LogP contribution is 2.27. The number of carbonyl (C=O) groups is 2. The van der Waals surface area contributed by atoms with Crippen LogP contribution in [0.4, 0.5) is 5.69 Å². The molecule has 0 aliphatic heterocycles. The molecule has 114 valence electrons. The molecule has 1 aliphatic carbocycles. The third kappa shape index (κ3) is 2.42. The Balaban J connectivity index is 1.66. The number of ketones is 1. The molecule has 1 aromatic heterocycles. The van der Waals surface area contributed by atoms with Crippen LogP contribution in [0.1, 0.15) is 39.5 Å². The molecule has 4 rings (SSSR count). The average molecular weight is 305 g/mol. The molecule has 4 heteroatoms. The molecule has 3 aromatic rings. The first-order valence-electron chi connectivity index (χ1n) is 7.67. The topological polar surface area (TPSA) is 59.3 Å². The summed E-state index contributed by atoms with van der Waals surface area (Å²) in [6, 6.07) is 15.2. The Bertz CT molecular complexity index is 918. The van der Waals surface area contributed by atoms with Crippen molar-refractivity contribution in [3.63, 3.8) is 0 Å². The summed E-state index contributed by atoms with van der Waals surface area (Å²) in [5.74, 6) is 0.547. The molecule has 2 aromatic carbocycles. The predicted octanol–water partition coefficient (Wildman–Crippen LogP) is 4.20. The molecule has 0 spiro atoms. The number of furan rings is 1. The first-order valence-corrected chi connectivity index (χ1v) is 7.67. The van der Waals surface area contributed by atoms with Crippen LogP contribution in [0.25, 0.3) is 10.8 Å². The third-order valence-corrected chi connectivity index (χ3v) is 4.18. The molecule has 0 saturated heterocycles. The second-order valence-corrected chi connectivity index (χ2v) is 5.71. The van der Waals surface area contributed by atoms with E-state index in [1.807, 2.05) is 42.5 Å². The summed E-state index contributed by atoms with van der Waals surface area (Å²) < 4.78 is 5.59. The SMILES string of the molecule is O=C(Nc1cccc2ccccc12)c1cc2c(o1)CCCC2=O. The van der Waals surface area contributed by atoms with Crippen molar-refractivity contribution in [2.24, 2.45) is 0 Å². The lowest BCUT2D eigenvalue weighted by Gasteiger charge is -2.07. The van der Waals surface area contributed by atoms with Crippen molar-refractivity contribution >= 4 is 28.2 Å². The molecular formula is C19H15NO3. The zero-order valence-corrected chi connectivity index (χ0v) is 12.5. The lowest BCUT2D eigenvalue weighted by Crippen LogP contribution is -2.11. The number of amides is 1. The molecule has 1 heterocycles. The number of aryl methyl sites for hydroxylation is 1. The summed E-state index contributed by atoms with van der Waals surface area (Å²) in [5.41, 5.74) is 1.29. The number of nitrogens with one attached hydrogen (secondary N) is 1. The van der Waals surface area contributed by atoms with Gasteiger partial charge in [0, 0.05) is 30.0 Å². The van der Waals surface area contributed by atoms with Crippen molar-refractivity contribution in [3.8, 4) is 0 Å². The van der Waals surface area contributed by atoms with Crippen molar-refractivity contribution in [3.05, 3.63) is 65.6 Å². The second kappa shape index (κ2) is 5.39. The molecule has 0 bridgehead atoms.